The SMILES string of the molecule is CC(Cc1ccc(C(=O)Nc2cc(-c3cccs3)ccc2N)cc1)O[PH2]=O. The van der Waals surface area contributed by atoms with E-state index in [0.717, 1.165) is 16.0 Å². The third-order valence-corrected chi connectivity index (χ3v) is 5.63. The highest BCUT2D eigenvalue weighted by molar-refractivity contribution is 7.17. The number of nitrogens with two attached hydrogens (primary N) is 1. The van der Waals surface area contributed by atoms with Crippen molar-refractivity contribution in [2.24, 2.45) is 0 Å². The van der Waals surface area contributed by atoms with Gasteiger partial charge in [-0.25, -0.2) is 0 Å². The minimum atomic E-state index is -1.21. The Hall–Kier alpha value is -2.40. The molecular weight excluding hydrogens is 379 g/mol. The lowest BCUT2D eigenvalue weighted by molar-refractivity contribution is 0.102. The second kappa shape index (κ2) is 9.00. The molecule has 1 amide bonds. The highest BCUT2D eigenvalue weighted by Gasteiger charge is 2.11. The van der Waals surface area contributed by atoms with Crippen molar-refractivity contribution in [1.82, 2.24) is 0 Å². The van der Waals surface area contributed by atoms with Crippen molar-refractivity contribution in [3.05, 3.63) is 71.1 Å². The van der Waals surface area contributed by atoms with Gasteiger partial charge in [-0.1, -0.05) is 24.3 Å². The van der Waals surface area contributed by atoms with Gasteiger partial charge in [0.1, 0.15) is 0 Å². The van der Waals surface area contributed by atoms with Gasteiger partial charge in [0, 0.05) is 10.4 Å². The molecule has 2 unspecified atom stereocenters. The van der Waals surface area contributed by atoms with E-state index >= 15 is 0 Å². The molecule has 0 fully saturated rings. The van der Waals surface area contributed by atoms with Gasteiger partial charge in [0.2, 0.25) is 0 Å². The van der Waals surface area contributed by atoms with Crippen molar-refractivity contribution in [3.63, 3.8) is 0 Å². The Bertz CT molecular complexity index is 927. The predicted molar refractivity (Wildman–Crippen MR) is 113 cm³/mol. The zero-order valence-electron chi connectivity index (χ0n) is 14.8. The van der Waals surface area contributed by atoms with E-state index in [1.54, 1.807) is 29.5 Å². The first-order valence-electron chi connectivity index (χ1n) is 8.49. The van der Waals surface area contributed by atoms with Crippen molar-refractivity contribution in [2.45, 2.75) is 19.4 Å². The first kappa shape index (κ1) is 19.4. The van der Waals surface area contributed by atoms with Crippen molar-refractivity contribution in [2.75, 3.05) is 11.1 Å². The average Bonchev–Trinajstić information content (AvgIpc) is 3.19. The molecule has 1 heterocycles. The lowest BCUT2D eigenvalue weighted by Gasteiger charge is -2.11. The van der Waals surface area contributed by atoms with Gasteiger partial charge in [-0.05, 0) is 60.2 Å². The summed E-state index contributed by atoms with van der Waals surface area (Å²) in [5.41, 5.74) is 9.72. The van der Waals surface area contributed by atoms with Crippen LogP contribution in [0.4, 0.5) is 11.4 Å². The average molecular weight is 400 g/mol. The summed E-state index contributed by atoms with van der Waals surface area (Å²) in [6.07, 6.45) is 0.532. The molecule has 140 valence electrons. The highest BCUT2D eigenvalue weighted by atomic mass is 32.1. The monoisotopic (exact) mass is 400 g/mol. The summed E-state index contributed by atoms with van der Waals surface area (Å²) in [4.78, 5) is 13.7. The molecule has 0 bridgehead atoms. The van der Waals surface area contributed by atoms with E-state index in [-0.39, 0.29) is 12.0 Å². The summed E-state index contributed by atoms with van der Waals surface area (Å²) < 4.78 is 15.7. The van der Waals surface area contributed by atoms with E-state index in [2.05, 4.69) is 5.32 Å². The molecule has 0 saturated heterocycles. The maximum Gasteiger partial charge on any atom is 0.255 e. The fourth-order valence-electron chi connectivity index (χ4n) is 2.72. The third-order valence-electron chi connectivity index (χ3n) is 4.13. The van der Waals surface area contributed by atoms with Crippen molar-refractivity contribution in [3.8, 4) is 10.4 Å². The maximum absolute atomic E-state index is 12.6. The van der Waals surface area contributed by atoms with Crippen LogP contribution < -0.4 is 11.1 Å². The van der Waals surface area contributed by atoms with Crippen LogP contribution in [0.15, 0.2) is 60.0 Å². The van der Waals surface area contributed by atoms with Crippen molar-refractivity contribution in [1.29, 1.82) is 0 Å². The summed E-state index contributed by atoms with van der Waals surface area (Å²) >= 11 is 1.63. The summed E-state index contributed by atoms with van der Waals surface area (Å²) in [6.45, 7) is 1.87. The standard InChI is InChI=1S/C20H21N2O3PS/c1-13(25-26-24)11-14-4-6-15(7-5-14)20(23)22-18-12-16(8-9-17(18)21)19-3-2-10-27-19/h2-10,12-13H,11,21,26H2,1H3,(H,22,23). The molecule has 3 N–H and O–H groups in total. The zero-order valence-corrected chi connectivity index (χ0v) is 16.8. The number of carbonyl (C=O) groups is 1. The Morgan fingerprint density at radius 2 is 2.00 bits per heavy atom. The minimum Gasteiger partial charge on any atom is -0.397 e. The van der Waals surface area contributed by atoms with Gasteiger partial charge in [-0.2, -0.15) is 0 Å². The molecule has 0 spiro atoms. The van der Waals surface area contributed by atoms with E-state index in [0.29, 0.717) is 23.4 Å². The molecule has 7 heteroatoms. The van der Waals surface area contributed by atoms with Crippen LogP contribution in [0.3, 0.4) is 0 Å². The number of rotatable bonds is 7. The molecule has 0 aliphatic heterocycles. The number of nitrogens with one attached hydrogen (secondary N) is 1. The smallest absolute Gasteiger partial charge is 0.255 e. The molecule has 3 rings (SSSR count). The fraction of sp³-hybridized carbons (Fsp3) is 0.150. The van der Waals surface area contributed by atoms with E-state index < -0.39 is 8.69 Å². The molecule has 1 aromatic heterocycles. The summed E-state index contributed by atoms with van der Waals surface area (Å²) in [5, 5.41) is 4.90. The van der Waals surface area contributed by atoms with E-state index in [1.165, 1.54) is 0 Å². The second-order valence-corrected chi connectivity index (χ2v) is 7.59. The number of hydrogen-bond acceptors (Lipinski definition) is 5. The lowest BCUT2D eigenvalue weighted by Crippen LogP contribution is -2.13. The molecule has 2 atom stereocenters. The molecule has 0 saturated carbocycles. The van der Waals surface area contributed by atoms with Crippen LogP contribution in [0, 0.1) is 0 Å². The van der Waals surface area contributed by atoms with Crippen LogP contribution in [0.1, 0.15) is 22.8 Å². The van der Waals surface area contributed by atoms with Crippen LogP contribution in [0.25, 0.3) is 10.4 Å². The molecule has 5 nitrogen and oxygen atoms in total. The van der Waals surface area contributed by atoms with Crippen LogP contribution in [-0.4, -0.2) is 12.0 Å². The number of nitrogen functional groups attached to an aromatic ring is 1. The number of carbonyl (C=O) groups excluding carboxylic acids is 1. The van der Waals surface area contributed by atoms with Crippen LogP contribution in [-0.2, 0) is 15.5 Å². The molecule has 0 aliphatic carbocycles. The van der Waals surface area contributed by atoms with Gasteiger partial charge in [-0.3, -0.25) is 9.36 Å². The number of benzene rings is 2. The molecule has 2 aromatic carbocycles. The summed E-state index contributed by atoms with van der Waals surface area (Å²) in [5.74, 6) is -0.218. The van der Waals surface area contributed by atoms with Gasteiger partial charge in [0.05, 0.1) is 17.5 Å². The first-order valence-corrected chi connectivity index (χ1v) is 10.3. The molecule has 3 aromatic rings. The number of anilines is 2. The minimum absolute atomic E-state index is 0.114. The summed E-state index contributed by atoms with van der Waals surface area (Å²) in [6, 6.07) is 16.9. The molecule has 27 heavy (non-hydrogen) atoms. The largest absolute Gasteiger partial charge is 0.397 e. The van der Waals surface area contributed by atoms with Gasteiger partial charge >= 0.3 is 0 Å². The van der Waals surface area contributed by atoms with E-state index in [4.69, 9.17) is 10.3 Å². The number of amides is 1. The second-order valence-electron chi connectivity index (χ2n) is 6.18. The third kappa shape index (κ3) is 5.07. The molecular formula is C20H21N2O3PS. The first-order chi connectivity index (χ1) is 13.1. The predicted octanol–water partition coefficient (Wildman–Crippen LogP) is 4.87. The summed E-state index contributed by atoms with van der Waals surface area (Å²) in [7, 11) is -1.21. The van der Waals surface area contributed by atoms with E-state index in [9.17, 15) is 9.36 Å². The van der Waals surface area contributed by atoms with Crippen LogP contribution in [0.2, 0.25) is 0 Å². The normalized spacial score (nSPS) is 12.3. The van der Waals surface area contributed by atoms with E-state index in [1.807, 2.05) is 48.7 Å². The Balaban J connectivity index is 1.72. The van der Waals surface area contributed by atoms with Crippen molar-refractivity contribution >= 4 is 37.3 Å². The topological polar surface area (TPSA) is 81.4 Å². The lowest BCUT2D eigenvalue weighted by atomic mass is 10.1. The van der Waals surface area contributed by atoms with Crippen LogP contribution in [0.5, 0.6) is 0 Å². The van der Waals surface area contributed by atoms with Gasteiger partial charge < -0.3 is 15.6 Å². The number of hydrogen-bond donors (Lipinski definition) is 2. The Morgan fingerprint density at radius 1 is 1.22 bits per heavy atom. The Morgan fingerprint density at radius 3 is 2.67 bits per heavy atom. The number of thiophene rings is 1. The zero-order chi connectivity index (χ0) is 19.2. The van der Waals surface area contributed by atoms with Gasteiger partial charge in [0.25, 0.3) is 5.91 Å². The molecule has 0 aliphatic rings. The van der Waals surface area contributed by atoms with Crippen LogP contribution >= 0.6 is 20.0 Å². The quantitative estimate of drug-likeness (QED) is 0.438. The van der Waals surface area contributed by atoms with Gasteiger partial charge in [0.15, 0.2) is 8.69 Å². The van der Waals surface area contributed by atoms with Crippen molar-refractivity contribution < 1.29 is 13.9 Å². The van der Waals surface area contributed by atoms with Gasteiger partial charge in [-0.15, -0.1) is 11.3 Å². The fourth-order valence-corrected chi connectivity index (χ4v) is 3.73. The maximum atomic E-state index is 12.6. The highest BCUT2D eigenvalue weighted by Crippen LogP contribution is 2.30. The Kier molecular flexibility index (Phi) is 6.45. The molecule has 0 radical (unpaired) electrons. The Labute approximate surface area is 163 Å².